The van der Waals surface area contributed by atoms with Gasteiger partial charge in [-0.3, -0.25) is 19.3 Å². The Morgan fingerprint density at radius 3 is 2.65 bits per heavy atom. The predicted octanol–water partition coefficient (Wildman–Crippen LogP) is 5.13. The molecule has 9 nitrogen and oxygen atoms in total. The minimum Gasteiger partial charge on any atom is -0.507 e. The van der Waals surface area contributed by atoms with Crippen molar-refractivity contribution < 1.29 is 33.5 Å². The summed E-state index contributed by atoms with van der Waals surface area (Å²) in [4.78, 5) is 44.9. The number of likely N-dealkylation sites (tertiary alicyclic amines) is 1. The van der Waals surface area contributed by atoms with Crippen molar-refractivity contribution in [1.82, 2.24) is 10.1 Å². The highest BCUT2D eigenvalue weighted by atomic mass is 16.5. The standard InChI is InChI=1S/C34H36N2O7/c1-34-20(15-25-28(32(34)40)33(35-43-25)42-17-18-9-5-4-6-10-18)13-19-14-22-27(29(38)26(19)31(34)39)24(37)16-21(30(22)41-3)23-11-7-8-12-36(23)2/h4-6,9-10,16,19-20,23,26,37H,7-8,11-15,17H2,1-3H3. The molecule has 4 aliphatic rings. The Kier molecular flexibility index (Phi) is 6.69. The maximum absolute atomic E-state index is 14.3. The van der Waals surface area contributed by atoms with Gasteiger partial charge in [0.1, 0.15) is 23.7 Å². The molecule has 1 aromatic heterocycles. The maximum Gasteiger partial charge on any atom is 0.265 e. The molecule has 7 rings (SSSR count). The molecule has 0 amide bonds. The zero-order chi connectivity index (χ0) is 30.0. The summed E-state index contributed by atoms with van der Waals surface area (Å²) in [5.74, 6) is -1.94. The summed E-state index contributed by atoms with van der Waals surface area (Å²) in [6, 6.07) is 11.2. The van der Waals surface area contributed by atoms with Crippen molar-refractivity contribution in [3.63, 3.8) is 0 Å². The number of rotatable bonds is 5. The summed E-state index contributed by atoms with van der Waals surface area (Å²) in [5.41, 5.74) is 1.36. The Morgan fingerprint density at radius 2 is 1.91 bits per heavy atom. The first-order valence-corrected chi connectivity index (χ1v) is 15.2. The van der Waals surface area contributed by atoms with Gasteiger partial charge < -0.3 is 19.1 Å². The highest BCUT2D eigenvalue weighted by molar-refractivity contribution is 6.24. The van der Waals surface area contributed by atoms with Crippen LogP contribution < -0.4 is 9.47 Å². The summed E-state index contributed by atoms with van der Waals surface area (Å²) < 4.78 is 17.4. The highest BCUT2D eigenvalue weighted by Crippen LogP contribution is 2.56. The second kappa shape index (κ2) is 10.3. The number of carbonyl (C=O) groups is 3. The third-order valence-electron chi connectivity index (χ3n) is 10.5. The van der Waals surface area contributed by atoms with Crippen molar-refractivity contribution in [1.29, 1.82) is 0 Å². The van der Waals surface area contributed by atoms with Crippen molar-refractivity contribution >= 4 is 17.3 Å². The van der Waals surface area contributed by atoms with Crippen LogP contribution in [0.25, 0.3) is 0 Å². The molecule has 1 saturated carbocycles. The van der Waals surface area contributed by atoms with Crippen LogP contribution >= 0.6 is 0 Å². The number of methoxy groups -OCH3 is 1. The SMILES string of the molecule is COc1c(C2CCCCN2C)cc(O)c2c1CC1CC3Cc4onc(OCc5ccccc5)c4C(=O)C3(C)C(=O)C1C2=O. The topological polar surface area (TPSA) is 119 Å². The molecular weight excluding hydrogens is 548 g/mol. The Bertz CT molecular complexity index is 1630. The van der Waals surface area contributed by atoms with Gasteiger partial charge in [0.2, 0.25) is 0 Å². The third kappa shape index (κ3) is 4.15. The number of nitrogens with zero attached hydrogens (tertiary/aromatic N) is 2. The van der Waals surface area contributed by atoms with E-state index in [-0.39, 0.29) is 47.2 Å². The van der Waals surface area contributed by atoms with Crippen molar-refractivity contribution in [2.45, 2.75) is 58.1 Å². The Labute approximate surface area is 250 Å². The zero-order valence-corrected chi connectivity index (χ0v) is 24.7. The number of phenols is 1. The van der Waals surface area contributed by atoms with E-state index in [4.69, 9.17) is 14.0 Å². The fraction of sp³-hybridized carbons (Fsp3) is 0.471. The van der Waals surface area contributed by atoms with E-state index in [2.05, 4.69) is 17.1 Å². The first-order chi connectivity index (χ1) is 20.7. The van der Waals surface area contributed by atoms with Crippen molar-refractivity contribution in [3.8, 4) is 17.4 Å². The van der Waals surface area contributed by atoms with Crippen LogP contribution in [0.15, 0.2) is 40.9 Å². The first-order valence-electron chi connectivity index (χ1n) is 15.2. The van der Waals surface area contributed by atoms with Gasteiger partial charge in [-0.25, -0.2) is 0 Å². The van der Waals surface area contributed by atoms with Crippen LogP contribution in [0.4, 0.5) is 0 Å². The molecule has 43 heavy (non-hydrogen) atoms. The number of hydrogen-bond donors (Lipinski definition) is 1. The molecule has 2 fully saturated rings. The van der Waals surface area contributed by atoms with E-state index in [0.29, 0.717) is 36.3 Å². The van der Waals surface area contributed by atoms with Gasteiger partial charge in [0.05, 0.1) is 24.0 Å². The number of benzene rings is 2. The molecule has 9 heteroatoms. The second-order valence-corrected chi connectivity index (χ2v) is 12.8. The molecule has 1 N–H and O–H groups in total. The molecule has 0 spiro atoms. The van der Waals surface area contributed by atoms with Crippen LogP contribution in [-0.2, 0) is 24.2 Å². The summed E-state index contributed by atoms with van der Waals surface area (Å²) in [7, 11) is 3.67. The van der Waals surface area contributed by atoms with E-state index >= 15 is 0 Å². The largest absolute Gasteiger partial charge is 0.507 e. The lowest BCUT2D eigenvalue weighted by Crippen LogP contribution is -2.58. The molecule has 1 saturated heterocycles. The van der Waals surface area contributed by atoms with Crippen molar-refractivity contribution in [2.24, 2.45) is 23.2 Å². The van der Waals surface area contributed by atoms with Gasteiger partial charge in [0.15, 0.2) is 23.1 Å². The molecule has 0 bridgehead atoms. The van der Waals surface area contributed by atoms with E-state index in [1.54, 1.807) is 20.1 Å². The molecule has 3 aromatic rings. The fourth-order valence-corrected chi connectivity index (χ4v) is 8.14. The van der Waals surface area contributed by atoms with E-state index in [9.17, 15) is 19.5 Å². The number of piperidine rings is 1. The molecule has 5 atom stereocenters. The monoisotopic (exact) mass is 584 g/mol. The smallest absolute Gasteiger partial charge is 0.265 e. The number of carbonyl (C=O) groups excluding carboxylic acids is 3. The van der Waals surface area contributed by atoms with E-state index < -0.39 is 28.7 Å². The lowest BCUT2D eigenvalue weighted by Gasteiger charge is -2.48. The molecule has 0 radical (unpaired) electrons. The quantitative estimate of drug-likeness (QED) is 0.407. The fourth-order valence-electron chi connectivity index (χ4n) is 8.14. The lowest BCUT2D eigenvalue weighted by molar-refractivity contribution is -0.137. The second-order valence-electron chi connectivity index (χ2n) is 12.8. The Balaban J connectivity index is 1.23. The average Bonchev–Trinajstić information content (AvgIpc) is 3.41. The maximum atomic E-state index is 14.3. The van der Waals surface area contributed by atoms with Crippen LogP contribution in [0.5, 0.6) is 17.4 Å². The number of aromatic hydroxyl groups is 1. The number of fused-ring (bicyclic) bond motifs is 4. The zero-order valence-electron chi connectivity index (χ0n) is 24.7. The summed E-state index contributed by atoms with van der Waals surface area (Å²) in [6.45, 7) is 2.79. The van der Waals surface area contributed by atoms with Gasteiger partial charge in [-0.1, -0.05) is 36.8 Å². The first kappa shape index (κ1) is 27.8. The van der Waals surface area contributed by atoms with Gasteiger partial charge in [-0.2, -0.15) is 0 Å². The van der Waals surface area contributed by atoms with Crippen LogP contribution in [0, 0.1) is 23.2 Å². The minimum atomic E-state index is -1.43. The van der Waals surface area contributed by atoms with Crippen molar-refractivity contribution in [2.75, 3.05) is 20.7 Å². The normalized spacial score (nSPS) is 28.5. The summed E-state index contributed by atoms with van der Waals surface area (Å²) >= 11 is 0. The van der Waals surface area contributed by atoms with Gasteiger partial charge >= 0.3 is 0 Å². The Hall–Kier alpha value is -3.98. The molecular formula is C34H36N2O7. The van der Waals surface area contributed by atoms with Gasteiger partial charge in [0.25, 0.3) is 5.88 Å². The molecule has 5 unspecified atom stereocenters. The van der Waals surface area contributed by atoms with Gasteiger partial charge in [0, 0.05) is 23.6 Å². The third-order valence-corrected chi connectivity index (χ3v) is 10.5. The minimum absolute atomic E-state index is 0.0707. The number of ether oxygens (including phenoxy) is 2. The Morgan fingerprint density at radius 1 is 1.12 bits per heavy atom. The molecule has 1 aliphatic heterocycles. The van der Waals surface area contributed by atoms with Crippen LogP contribution in [0.1, 0.15) is 81.8 Å². The molecule has 2 heterocycles. The lowest BCUT2D eigenvalue weighted by atomic mass is 9.51. The van der Waals surface area contributed by atoms with Crippen LogP contribution in [-0.4, -0.2) is 53.2 Å². The molecule has 3 aliphatic carbocycles. The van der Waals surface area contributed by atoms with Gasteiger partial charge in [-0.05, 0) is 74.8 Å². The number of aromatic nitrogens is 1. The number of ketones is 3. The number of Topliss-reactive ketones (excluding diaryl/α,β-unsaturated/α-hetero) is 3. The summed E-state index contributed by atoms with van der Waals surface area (Å²) in [6.07, 6.45) is 4.37. The van der Waals surface area contributed by atoms with Gasteiger partial charge in [-0.15, -0.1) is 0 Å². The summed E-state index contributed by atoms with van der Waals surface area (Å²) in [5, 5.41) is 15.3. The van der Waals surface area contributed by atoms with Crippen LogP contribution in [0.2, 0.25) is 0 Å². The average molecular weight is 585 g/mol. The van der Waals surface area contributed by atoms with Crippen molar-refractivity contribution in [3.05, 3.63) is 70.0 Å². The predicted molar refractivity (Wildman–Crippen MR) is 155 cm³/mol. The van der Waals surface area contributed by atoms with E-state index in [0.717, 1.165) is 36.9 Å². The van der Waals surface area contributed by atoms with E-state index in [1.165, 1.54) is 0 Å². The van der Waals surface area contributed by atoms with E-state index in [1.807, 2.05) is 30.3 Å². The number of phenolic OH excluding ortho intramolecular Hbond substituents is 1. The molecule has 2 aromatic carbocycles. The molecule has 224 valence electrons. The highest BCUT2D eigenvalue weighted by Gasteiger charge is 2.62. The number of hydrogen-bond acceptors (Lipinski definition) is 9. The van der Waals surface area contributed by atoms with Crippen LogP contribution in [0.3, 0.4) is 0 Å².